The number of benzene rings is 4. The molecular weight excluding hydrogens is 432 g/mol. The van der Waals surface area contributed by atoms with Gasteiger partial charge in [0.25, 0.3) is 0 Å². The standard InChI is InChI=1S/C31H30N2O2/c1-21-28(20-32)29(33-16-7-4-8-17-33)19-27(25-13-9-11-22-10-5-6-12-24(22)25)31(21)26-15-14-23(34-2)18-30(26)35-3/h5-6,9-15,18-19H,4,7-8,16-17H2,1-3H3. The van der Waals surface area contributed by atoms with E-state index >= 15 is 0 Å². The number of hydrogen-bond acceptors (Lipinski definition) is 4. The first-order valence-corrected chi connectivity index (χ1v) is 12.2. The fourth-order valence-corrected chi connectivity index (χ4v) is 5.35. The number of rotatable bonds is 5. The average Bonchev–Trinajstić information content (AvgIpc) is 2.92. The molecular formula is C31H30N2O2. The Bertz CT molecular complexity index is 1420. The maximum atomic E-state index is 10.3. The van der Waals surface area contributed by atoms with Gasteiger partial charge in [-0.15, -0.1) is 0 Å². The van der Waals surface area contributed by atoms with Crippen LogP contribution >= 0.6 is 0 Å². The maximum Gasteiger partial charge on any atom is 0.130 e. The first-order valence-electron chi connectivity index (χ1n) is 12.2. The molecule has 0 aromatic heterocycles. The Balaban J connectivity index is 1.87. The van der Waals surface area contributed by atoms with Crippen molar-refractivity contribution in [2.75, 3.05) is 32.2 Å². The Morgan fingerprint density at radius 2 is 1.57 bits per heavy atom. The molecule has 0 atom stereocenters. The number of hydrogen-bond donors (Lipinski definition) is 0. The van der Waals surface area contributed by atoms with Crippen molar-refractivity contribution >= 4 is 16.5 Å². The molecule has 1 aliphatic rings. The summed E-state index contributed by atoms with van der Waals surface area (Å²) in [6, 6.07) is 25.6. The van der Waals surface area contributed by atoms with Gasteiger partial charge in [-0.1, -0.05) is 42.5 Å². The third-order valence-electron chi connectivity index (χ3n) is 7.12. The van der Waals surface area contributed by atoms with Crippen LogP contribution in [-0.4, -0.2) is 27.3 Å². The zero-order valence-electron chi connectivity index (χ0n) is 20.6. The molecule has 0 amide bonds. The highest BCUT2D eigenvalue weighted by atomic mass is 16.5. The molecule has 0 unspecified atom stereocenters. The van der Waals surface area contributed by atoms with E-state index in [-0.39, 0.29) is 0 Å². The van der Waals surface area contributed by atoms with E-state index in [0.717, 1.165) is 76.5 Å². The number of ether oxygens (including phenoxy) is 2. The van der Waals surface area contributed by atoms with Crippen molar-refractivity contribution in [3.63, 3.8) is 0 Å². The molecule has 0 N–H and O–H groups in total. The molecule has 0 saturated carbocycles. The second-order valence-corrected chi connectivity index (χ2v) is 9.07. The lowest BCUT2D eigenvalue weighted by Crippen LogP contribution is -2.30. The van der Waals surface area contributed by atoms with Crippen molar-refractivity contribution in [1.29, 1.82) is 5.26 Å². The lowest BCUT2D eigenvalue weighted by atomic mass is 9.85. The van der Waals surface area contributed by atoms with Gasteiger partial charge in [-0.25, -0.2) is 0 Å². The summed E-state index contributed by atoms with van der Waals surface area (Å²) in [5, 5.41) is 12.7. The predicted octanol–water partition coefficient (Wildman–Crippen LogP) is 7.36. The summed E-state index contributed by atoms with van der Waals surface area (Å²) in [6.07, 6.45) is 3.55. The van der Waals surface area contributed by atoms with E-state index in [1.54, 1.807) is 14.2 Å². The minimum atomic E-state index is 0.726. The van der Waals surface area contributed by atoms with E-state index in [1.165, 1.54) is 17.2 Å². The zero-order valence-corrected chi connectivity index (χ0v) is 20.6. The van der Waals surface area contributed by atoms with Crippen molar-refractivity contribution in [1.82, 2.24) is 0 Å². The molecule has 5 rings (SSSR count). The van der Waals surface area contributed by atoms with E-state index in [9.17, 15) is 5.26 Å². The second kappa shape index (κ2) is 9.72. The van der Waals surface area contributed by atoms with Gasteiger partial charge < -0.3 is 14.4 Å². The summed E-state index contributed by atoms with van der Waals surface area (Å²) in [5.41, 5.74) is 6.99. The fraction of sp³-hybridized carbons (Fsp3) is 0.258. The van der Waals surface area contributed by atoms with E-state index in [2.05, 4.69) is 66.4 Å². The third kappa shape index (κ3) is 4.08. The normalized spacial score (nSPS) is 13.5. The third-order valence-corrected chi connectivity index (χ3v) is 7.12. The number of anilines is 1. The largest absolute Gasteiger partial charge is 0.497 e. The highest BCUT2D eigenvalue weighted by molar-refractivity contribution is 6.03. The topological polar surface area (TPSA) is 45.5 Å². The van der Waals surface area contributed by atoms with Crippen LogP contribution in [0.2, 0.25) is 0 Å². The molecule has 4 heteroatoms. The van der Waals surface area contributed by atoms with E-state index in [4.69, 9.17) is 9.47 Å². The van der Waals surface area contributed by atoms with Gasteiger partial charge in [0.1, 0.15) is 17.6 Å². The van der Waals surface area contributed by atoms with Gasteiger partial charge in [0, 0.05) is 24.7 Å². The Labute approximate surface area is 207 Å². The second-order valence-electron chi connectivity index (χ2n) is 9.07. The van der Waals surface area contributed by atoms with Gasteiger partial charge in [-0.3, -0.25) is 0 Å². The van der Waals surface area contributed by atoms with Gasteiger partial charge in [-0.2, -0.15) is 5.26 Å². The summed E-state index contributed by atoms with van der Waals surface area (Å²) in [4.78, 5) is 2.39. The predicted molar refractivity (Wildman–Crippen MR) is 143 cm³/mol. The van der Waals surface area contributed by atoms with E-state index < -0.39 is 0 Å². The van der Waals surface area contributed by atoms with Crippen molar-refractivity contribution in [2.24, 2.45) is 0 Å². The molecule has 4 aromatic rings. The molecule has 0 aliphatic carbocycles. The summed E-state index contributed by atoms with van der Waals surface area (Å²) in [6.45, 7) is 4.03. The minimum absolute atomic E-state index is 0.726. The molecule has 0 spiro atoms. The average molecular weight is 463 g/mol. The van der Waals surface area contributed by atoms with Crippen LogP contribution in [0.3, 0.4) is 0 Å². The van der Waals surface area contributed by atoms with Crippen molar-refractivity contribution in [3.8, 4) is 39.8 Å². The van der Waals surface area contributed by atoms with Crippen molar-refractivity contribution < 1.29 is 9.47 Å². The zero-order chi connectivity index (χ0) is 24.4. The van der Waals surface area contributed by atoms with Crippen LogP contribution in [-0.2, 0) is 0 Å². The maximum absolute atomic E-state index is 10.3. The Morgan fingerprint density at radius 3 is 2.31 bits per heavy atom. The number of methoxy groups -OCH3 is 2. The van der Waals surface area contributed by atoms with E-state index in [0.29, 0.717) is 0 Å². The molecule has 0 bridgehead atoms. The van der Waals surface area contributed by atoms with Crippen LogP contribution in [0.15, 0.2) is 66.7 Å². The molecule has 1 heterocycles. The first kappa shape index (κ1) is 22.8. The van der Waals surface area contributed by atoms with Gasteiger partial charge in [-0.05, 0) is 77.4 Å². The van der Waals surface area contributed by atoms with Crippen LogP contribution in [0.4, 0.5) is 5.69 Å². The molecule has 4 nitrogen and oxygen atoms in total. The number of nitriles is 1. The smallest absolute Gasteiger partial charge is 0.130 e. The monoisotopic (exact) mass is 462 g/mol. The lowest BCUT2D eigenvalue weighted by molar-refractivity contribution is 0.395. The molecule has 1 fully saturated rings. The molecule has 1 saturated heterocycles. The Morgan fingerprint density at radius 1 is 0.800 bits per heavy atom. The van der Waals surface area contributed by atoms with E-state index in [1.807, 2.05) is 18.2 Å². The highest BCUT2D eigenvalue weighted by Gasteiger charge is 2.24. The van der Waals surface area contributed by atoms with Gasteiger partial charge in [0.2, 0.25) is 0 Å². The molecule has 0 radical (unpaired) electrons. The summed E-state index contributed by atoms with van der Waals surface area (Å²) in [7, 11) is 3.33. The number of fused-ring (bicyclic) bond motifs is 1. The van der Waals surface area contributed by atoms with Crippen LogP contribution in [0.5, 0.6) is 11.5 Å². The molecule has 1 aliphatic heterocycles. The van der Waals surface area contributed by atoms with Crippen LogP contribution in [0, 0.1) is 18.3 Å². The van der Waals surface area contributed by atoms with Crippen molar-refractivity contribution in [3.05, 3.63) is 77.9 Å². The number of piperidine rings is 1. The van der Waals surface area contributed by atoms with Gasteiger partial charge in [0.05, 0.1) is 25.5 Å². The molecule has 4 aromatic carbocycles. The highest BCUT2D eigenvalue weighted by Crippen LogP contribution is 2.46. The van der Waals surface area contributed by atoms with Gasteiger partial charge in [0.15, 0.2) is 0 Å². The van der Waals surface area contributed by atoms with Crippen LogP contribution in [0.1, 0.15) is 30.4 Å². The fourth-order valence-electron chi connectivity index (χ4n) is 5.35. The summed E-state index contributed by atoms with van der Waals surface area (Å²) < 4.78 is 11.3. The molecule has 176 valence electrons. The first-order chi connectivity index (χ1) is 17.2. The Kier molecular flexibility index (Phi) is 6.33. The number of nitrogens with zero attached hydrogens (tertiary/aromatic N) is 2. The summed E-state index contributed by atoms with van der Waals surface area (Å²) in [5.74, 6) is 1.46. The Hall–Kier alpha value is -3.97. The van der Waals surface area contributed by atoms with Gasteiger partial charge >= 0.3 is 0 Å². The summed E-state index contributed by atoms with van der Waals surface area (Å²) >= 11 is 0. The van der Waals surface area contributed by atoms with Crippen molar-refractivity contribution in [2.45, 2.75) is 26.2 Å². The van der Waals surface area contributed by atoms with Crippen LogP contribution in [0.25, 0.3) is 33.0 Å². The minimum Gasteiger partial charge on any atom is -0.497 e. The SMILES string of the molecule is COc1ccc(-c2c(-c3cccc4ccccc34)cc(N3CCCCC3)c(C#N)c2C)c(OC)c1. The quantitative estimate of drug-likeness (QED) is 0.311. The molecule has 35 heavy (non-hydrogen) atoms. The van der Waals surface area contributed by atoms with Crippen LogP contribution < -0.4 is 14.4 Å². The lowest BCUT2D eigenvalue weighted by Gasteiger charge is -2.31.